The topological polar surface area (TPSA) is 103 Å². The molecule has 1 N–H and O–H groups in total. The number of hydrogen-bond donors (Lipinski definition) is 1. The largest absolute Gasteiger partial charge is 0.490 e. The third-order valence-electron chi connectivity index (χ3n) is 5.65. The zero-order valence-electron chi connectivity index (χ0n) is 20.0. The van der Waals surface area contributed by atoms with E-state index < -0.39 is 23.7 Å². The molecule has 0 unspecified atom stereocenters. The van der Waals surface area contributed by atoms with E-state index in [-0.39, 0.29) is 35.4 Å². The third kappa shape index (κ3) is 4.98. The van der Waals surface area contributed by atoms with Crippen LogP contribution in [-0.2, 0) is 16.2 Å². The molecule has 194 valence electrons. The Labute approximate surface area is 221 Å². The summed E-state index contributed by atoms with van der Waals surface area (Å²) in [5.74, 6) is -0.450. The Balaban J connectivity index is 1.42. The number of urea groups is 1. The van der Waals surface area contributed by atoms with Crippen LogP contribution >= 0.6 is 11.6 Å². The molecule has 2 aliphatic heterocycles. The second-order valence-corrected chi connectivity index (χ2v) is 8.58. The molecule has 5 rings (SSSR count). The number of amides is 4. The highest BCUT2D eigenvalue weighted by Gasteiger charge is 2.37. The Morgan fingerprint density at radius 3 is 2.55 bits per heavy atom. The number of rotatable bonds is 7. The highest BCUT2D eigenvalue weighted by molar-refractivity contribution is 6.39. The highest BCUT2D eigenvalue weighted by Crippen LogP contribution is 2.39. The summed E-state index contributed by atoms with van der Waals surface area (Å²) in [7, 11) is 0. The number of carbonyl (C=O) groups excluding carboxylic acids is 3. The summed E-state index contributed by atoms with van der Waals surface area (Å²) in [4.78, 5) is 38.8. The van der Waals surface area contributed by atoms with Gasteiger partial charge in [-0.2, -0.15) is 0 Å². The molecule has 1 saturated heterocycles. The number of ether oxygens (including phenoxy) is 4. The maximum atomic E-state index is 13.3. The van der Waals surface area contributed by atoms with E-state index in [9.17, 15) is 18.8 Å². The first kappa shape index (κ1) is 25.1. The number of nitrogens with one attached hydrogen (secondary N) is 1. The number of anilines is 1. The number of benzene rings is 3. The molecule has 11 heteroatoms. The molecule has 0 atom stereocenters. The first-order valence-corrected chi connectivity index (χ1v) is 11.9. The highest BCUT2D eigenvalue weighted by atomic mass is 35.5. The van der Waals surface area contributed by atoms with Crippen molar-refractivity contribution in [1.29, 1.82) is 0 Å². The fourth-order valence-corrected chi connectivity index (χ4v) is 4.18. The van der Waals surface area contributed by atoms with Crippen molar-refractivity contribution in [2.75, 3.05) is 18.3 Å². The van der Waals surface area contributed by atoms with E-state index in [4.69, 9.17) is 30.5 Å². The Hall–Kier alpha value is -4.57. The van der Waals surface area contributed by atoms with Gasteiger partial charge in [-0.1, -0.05) is 17.7 Å². The SMILES string of the molecule is CCOc1cc(/C=C2\C(=O)NC(=O)N(c3ccc(F)cc3)C2=O)cc(Cl)c1OCc1ccc2c(c1)OCO2. The molecule has 0 spiro atoms. The number of imide groups is 2. The Morgan fingerprint density at radius 1 is 1.03 bits per heavy atom. The summed E-state index contributed by atoms with van der Waals surface area (Å²) >= 11 is 6.52. The maximum Gasteiger partial charge on any atom is 0.335 e. The summed E-state index contributed by atoms with van der Waals surface area (Å²) in [5.41, 5.74) is 0.962. The van der Waals surface area contributed by atoms with Crippen LogP contribution in [0, 0.1) is 5.82 Å². The van der Waals surface area contributed by atoms with Crippen LogP contribution in [-0.4, -0.2) is 31.2 Å². The van der Waals surface area contributed by atoms with Gasteiger partial charge < -0.3 is 18.9 Å². The van der Waals surface area contributed by atoms with E-state index in [2.05, 4.69) is 5.32 Å². The Kier molecular flexibility index (Phi) is 6.89. The van der Waals surface area contributed by atoms with Crippen molar-refractivity contribution in [3.8, 4) is 23.0 Å². The standard InChI is InChI=1S/C27H20ClFN2O7/c1-2-35-23-12-16(10-20(28)24(23)36-13-15-3-8-21-22(11-15)38-14-37-21)9-19-25(32)30-27(34)31(26(19)33)18-6-4-17(29)5-7-18/h3-12H,2,13-14H2,1H3,(H,30,32,34)/b19-9+. The lowest BCUT2D eigenvalue weighted by molar-refractivity contribution is -0.122. The Morgan fingerprint density at radius 2 is 1.79 bits per heavy atom. The smallest absolute Gasteiger partial charge is 0.335 e. The fourth-order valence-electron chi connectivity index (χ4n) is 3.91. The zero-order chi connectivity index (χ0) is 26.8. The van der Waals surface area contributed by atoms with Crippen LogP contribution in [0.25, 0.3) is 6.08 Å². The minimum absolute atomic E-state index is 0.104. The van der Waals surface area contributed by atoms with E-state index in [1.807, 2.05) is 6.07 Å². The molecule has 0 aromatic heterocycles. The number of barbiturate groups is 1. The molecule has 2 heterocycles. The summed E-state index contributed by atoms with van der Waals surface area (Å²) in [6, 6.07) is 12.3. The minimum atomic E-state index is -0.941. The number of hydrogen-bond acceptors (Lipinski definition) is 7. The average molecular weight is 539 g/mol. The van der Waals surface area contributed by atoms with E-state index in [1.165, 1.54) is 24.3 Å². The molecule has 0 bridgehead atoms. The zero-order valence-corrected chi connectivity index (χ0v) is 20.7. The lowest BCUT2D eigenvalue weighted by atomic mass is 10.1. The average Bonchev–Trinajstić information content (AvgIpc) is 3.35. The molecular weight excluding hydrogens is 519 g/mol. The predicted molar refractivity (Wildman–Crippen MR) is 135 cm³/mol. The van der Waals surface area contributed by atoms with Crippen molar-refractivity contribution in [3.63, 3.8) is 0 Å². The van der Waals surface area contributed by atoms with Gasteiger partial charge in [-0.15, -0.1) is 0 Å². The molecule has 0 saturated carbocycles. The number of halogens is 2. The van der Waals surface area contributed by atoms with E-state index in [1.54, 1.807) is 25.1 Å². The van der Waals surface area contributed by atoms with Gasteiger partial charge in [0.15, 0.2) is 23.0 Å². The third-order valence-corrected chi connectivity index (χ3v) is 5.93. The summed E-state index contributed by atoms with van der Waals surface area (Å²) in [5, 5.41) is 2.30. The van der Waals surface area contributed by atoms with Gasteiger partial charge in [0.2, 0.25) is 6.79 Å². The Bertz CT molecular complexity index is 1470. The predicted octanol–water partition coefficient (Wildman–Crippen LogP) is 4.85. The number of fused-ring (bicyclic) bond motifs is 1. The molecule has 4 amide bonds. The lowest BCUT2D eigenvalue weighted by Crippen LogP contribution is -2.54. The van der Waals surface area contributed by atoms with Gasteiger partial charge in [0.25, 0.3) is 11.8 Å². The molecule has 2 aliphatic rings. The van der Waals surface area contributed by atoms with Crippen LogP contribution in [0.2, 0.25) is 5.02 Å². The van der Waals surface area contributed by atoms with Crippen molar-refractivity contribution >= 4 is 41.2 Å². The lowest BCUT2D eigenvalue weighted by Gasteiger charge is -2.26. The van der Waals surface area contributed by atoms with Crippen LogP contribution in [0.3, 0.4) is 0 Å². The molecule has 38 heavy (non-hydrogen) atoms. The fraction of sp³-hybridized carbons (Fsp3) is 0.148. The number of carbonyl (C=O) groups is 3. The van der Waals surface area contributed by atoms with Gasteiger partial charge >= 0.3 is 6.03 Å². The molecule has 1 fully saturated rings. The first-order valence-electron chi connectivity index (χ1n) is 11.5. The van der Waals surface area contributed by atoms with Crippen molar-refractivity contribution < 1.29 is 37.7 Å². The summed E-state index contributed by atoms with van der Waals surface area (Å²) in [6.45, 7) is 2.40. The van der Waals surface area contributed by atoms with Gasteiger partial charge in [0.05, 0.1) is 17.3 Å². The quantitative estimate of drug-likeness (QED) is 0.339. The number of nitrogens with zero attached hydrogens (tertiary/aromatic N) is 1. The minimum Gasteiger partial charge on any atom is -0.490 e. The van der Waals surface area contributed by atoms with Crippen molar-refractivity contribution in [2.24, 2.45) is 0 Å². The normalized spacial score (nSPS) is 15.6. The molecule has 0 radical (unpaired) electrons. The monoisotopic (exact) mass is 538 g/mol. The van der Waals surface area contributed by atoms with E-state index >= 15 is 0 Å². The second-order valence-electron chi connectivity index (χ2n) is 8.17. The molecule has 3 aromatic carbocycles. The van der Waals surface area contributed by atoms with E-state index in [0.717, 1.165) is 22.6 Å². The second kappa shape index (κ2) is 10.4. The van der Waals surface area contributed by atoms with Crippen LogP contribution in [0.1, 0.15) is 18.1 Å². The van der Waals surface area contributed by atoms with Gasteiger partial charge in [0.1, 0.15) is 18.0 Å². The molecule has 0 aliphatic carbocycles. The maximum absolute atomic E-state index is 13.3. The van der Waals surface area contributed by atoms with Gasteiger partial charge in [-0.25, -0.2) is 14.1 Å². The van der Waals surface area contributed by atoms with Gasteiger partial charge in [0, 0.05) is 0 Å². The van der Waals surface area contributed by atoms with Crippen LogP contribution < -0.4 is 29.2 Å². The van der Waals surface area contributed by atoms with Crippen molar-refractivity contribution in [1.82, 2.24) is 5.32 Å². The summed E-state index contributed by atoms with van der Waals surface area (Å²) in [6.07, 6.45) is 1.29. The van der Waals surface area contributed by atoms with Crippen molar-refractivity contribution in [2.45, 2.75) is 13.5 Å². The van der Waals surface area contributed by atoms with Crippen LogP contribution in [0.4, 0.5) is 14.9 Å². The molecule has 3 aromatic rings. The van der Waals surface area contributed by atoms with Gasteiger partial charge in [-0.05, 0) is 72.7 Å². The summed E-state index contributed by atoms with van der Waals surface area (Å²) < 4.78 is 35.7. The van der Waals surface area contributed by atoms with E-state index in [0.29, 0.717) is 29.4 Å². The van der Waals surface area contributed by atoms with Crippen LogP contribution in [0.5, 0.6) is 23.0 Å². The first-order chi connectivity index (χ1) is 18.3. The van der Waals surface area contributed by atoms with Crippen LogP contribution in [0.15, 0.2) is 60.2 Å². The van der Waals surface area contributed by atoms with Gasteiger partial charge in [-0.3, -0.25) is 14.9 Å². The van der Waals surface area contributed by atoms with Crippen molar-refractivity contribution in [3.05, 3.63) is 82.1 Å². The molecular formula is C27H20ClFN2O7. The molecule has 9 nitrogen and oxygen atoms in total.